The molecule has 0 radical (unpaired) electrons. The van der Waals surface area contributed by atoms with Gasteiger partial charge in [-0.3, -0.25) is 9.79 Å². The molecule has 1 aromatic rings. The predicted molar refractivity (Wildman–Crippen MR) is 89.1 cm³/mol. The molecule has 112 valence electrons. The van der Waals surface area contributed by atoms with E-state index in [2.05, 4.69) is 43.3 Å². The number of fused-ring (bicyclic) bond motifs is 2. The minimum absolute atomic E-state index is 0.00150. The molecule has 0 saturated heterocycles. The lowest BCUT2D eigenvalue weighted by Crippen LogP contribution is -2.42. The summed E-state index contributed by atoms with van der Waals surface area (Å²) in [7, 11) is 0. The summed E-state index contributed by atoms with van der Waals surface area (Å²) >= 11 is 0. The fourth-order valence-electron chi connectivity index (χ4n) is 4.57. The average Bonchev–Trinajstić information content (AvgIpc) is 2.81. The summed E-state index contributed by atoms with van der Waals surface area (Å²) in [5.41, 5.74) is 2.12. The van der Waals surface area contributed by atoms with E-state index in [4.69, 9.17) is 4.99 Å². The van der Waals surface area contributed by atoms with E-state index in [-0.39, 0.29) is 16.7 Å². The number of rotatable bonds is 1. The van der Waals surface area contributed by atoms with Gasteiger partial charge in [-0.05, 0) is 37.5 Å². The Bertz CT molecular complexity index is 682. The molecule has 0 aromatic heterocycles. The lowest BCUT2D eigenvalue weighted by molar-refractivity contribution is -0.110. The molecule has 0 N–H and O–H groups in total. The molecule has 2 aliphatic carbocycles. The van der Waals surface area contributed by atoms with Crippen LogP contribution in [0, 0.1) is 11.3 Å². The number of hydrogen-bond donors (Lipinski definition) is 0. The van der Waals surface area contributed by atoms with E-state index in [1.807, 2.05) is 6.07 Å². The van der Waals surface area contributed by atoms with Gasteiger partial charge in [-0.1, -0.05) is 55.3 Å². The fraction of sp³-hybridized carbons (Fsp3) is 0.400. The Kier molecular flexibility index (Phi) is 2.97. The number of allylic oxidation sites excluding steroid dienone is 4. The summed E-state index contributed by atoms with van der Waals surface area (Å²) in [5, 5.41) is 0. The van der Waals surface area contributed by atoms with Gasteiger partial charge in [0, 0.05) is 5.92 Å². The second kappa shape index (κ2) is 4.77. The van der Waals surface area contributed by atoms with E-state index in [9.17, 15) is 4.79 Å². The number of carbonyl (C=O) groups is 1. The molecule has 0 amide bonds. The maximum absolute atomic E-state index is 11.7. The van der Waals surface area contributed by atoms with E-state index in [0.29, 0.717) is 5.92 Å². The zero-order chi connectivity index (χ0) is 15.2. The largest absolute Gasteiger partial charge is 0.290 e. The Morgan fingerprint density at radius 2 is 1.82 bits per heavy atom. The van der Waals surface area contributed by atoms with Crippen LogP contribution in [-0.2, 0) is 4.79 Å². The van der Waals surface area contributed by atoms with Gasteiger partial charge in [-0.2, -0.15) is 0 Å². The second-order valence-corrected chi connectivity index (χ2v) is 6.98. The van der Waals surface area contributed by atoms with Crippen LogP contribution in [0.15, 0.2) is 59.6 Å². The van der Waals surface area contributed by atoms with Crippen molar-refractivity contribution < 1.29 is 4.79 Å². The van der Waals surface area contributed by atoms with Crippen LogP contribution >= 0.6 is 0 Å². The zero-order valence-corrected chi connectivity index (χ0v) is 13.0. The summed E-state index contributed by atoms with van der Waals surface area (Å²) in [6.45, 7) is 2.30. The van der Waals surface area contributed by atoms with E-state index < -0.39 is 0 Å². The fourth-order valence-corrected chi connectivity index (χ4v) is 4.57. The Morgan fingerprint density at radius 1 is 1.09 bits per heavy atom. The van der Waals surface area contributed by atoms with Crippen molar-refractivity contribution in [2.45, 2.75) is 38.1 Å². The Hall–Kier alpha value is -1.96. The number of hydrogen-bond acceptors (Lipinski definition) is 2. The van der Waals surface area contributed by atoms with Gasteiger partial charge in [-0.25, -0.2) is 0 Å². The molecule has 0 unspecified atom stereocenters. The first-order valence-corrected chi connectivity index (χ1v) is 8.22. The van der Waals surface area contributed by atoms with Gasteiger partial charge in [-0.15, -0.1) is 0 Å². The Morgan fingerprint density at radius 3 is 2.55 bits per heavy atom. The first-order valence-electron chi connectivity index (χ1n) is 8.22. The van der Waals surface area contributed by atoms with Crippen LogP contribution in [0.2, 0.25) is 0 Å². The third-order valence-electron chi connectivity index (χ3n) is 5.62. The van der Waals surface area contributed by atoms with Crippen molar-refractivity contribution in [3.05, 3.63) is 60.2 Å². The highest BCUT2D eigenvalue weighted by molar-refractivity contribution is 6.12. The van der Waals surface area contributed by atoms with Gasteiger partial charge in [0.15, 0.2) is 5.78 Å². The topological polar surface area (TPSA) is 29.4 Å². The molecule has 4 rings (SSSR count). The molecule has 2 heteroatoms. The maximum Gasteiger partial charge on any atom is 0.178 e. The lowest BCUT2D eigenvalue weighted by Gasteiger charge is -2.42. The zero-order valence-electron chi connectivity index (χ0n) is 13.0. The van der Waals surface area contributed by atoms with Crippen LogP contribution in [0.3, 0.4) is 0 Å². The molecule has 22 heavy (non-hydrogen) atoms. The monoisotopic (exact) mass is 291 g/mol. The molecule has 1 fully saturated rings. The smallest absolute Gasteiger partial charge is 0.178 e. The van der Waals surface area contributed by atoms with Crippen molar-refractivity contribution in [3.63, 3.8) is 0 Å². The van der Waals surface area contributed by atoms with Crippen molar-refractivity contribution in [2.75, 3.05) is 0 Å². The normalized spacial score (nSPS) is 32.1. The highest BCUT2D eigenvalue weighted by atomic mass is 16.1. The van der Waals surface area contributed by atoms with Crippen molar-refractivity contribution in [1.29, 1.82) is 0 Å². The summed E-state index contributed by atoms with van der Waals surface area (Å²) < 4.78 is 0. The lowest BCUT2D eigenvalue weighted by atomic mass is 9.60. The number of carbonyl (C=O) groups excluding carboxylic acids is 1. The number of aliphatic imine (C=N–C) groups is 1. The van der Waals surface area contributed by atoms with Gasteiger partial charge in [0.25, 0.3) is 0 Å². The molecular weight excluding hydrogens is 270 g/mol. The minimum atomic E-state index is -0.204. The standard InChI is InChI=1S/C20H21NO/c1-19-12-6-5-9-17(19)20(13-10-16(22)11-14-20)18(21-19)15-7-3-2-4-8-15/h2-4,7-8,10-11,13-14,17H,5-6,9,12H2,1H3/t17-,19+/m0/s1. The predicted octanol–water partition coefficient (Wildman–Crippen LogP) is 4.12. The van der Waals surface area contributed by atoms with E-state index in [0.717, 1.165) is 12.1 Å². The molecule has 1 aliphatic heterocycles. The Balaban J connectivity index is 1.90. The summed E-state index contributed by atoms with van der Waals surface area (Å²) in [5.74, 6) is 0.548. The number of nitrogens with zero attached hydrogens (tertiary/aromatic N) is 1. The van der Waals surface area contributed by atoms with Gasteiger partial charge < -0.3 is 0 Å². The van der Waals surface area contributed by atoms with Crippen LogP contribution in [0.5, 0.6) is 0 Å². The van der Waals surface area contributed by atoms with Crippen molar-refractivity contribution in [3.8, 4) is 0 Å². The van der Waals surface area contributed by atoms with E-state index >= 15 is 0 Å². The van der Waals surface area contributed by atoms with E-state index in [1.54, 1.807) is 12.2 Å². The molecule has 1 heterocycles. The van der Waals surface area contributed by atoms with Crippen LogP contribution in [0.25, 0.3) is 0 Å². The molecule has 1 aromatic carbocycles. The summed E-state index contributed by atoms with van der Waals surface area (Å²) in [6.07, 6.45) is 12.5. The third kappa shape index (κ3) is 1.86. The molecule has 1 saturated carbocycles. The SMILES string of the molecule is C[C@@]12CCCC[C@@H]1C1(C=CC(=O)C=C1)C(c1ccccc1)=N2. The van der Waals surface area contributed by atoms with Crippen LogP contribution in [0.1, 0.15) is 38.2 Å². The second-order valence-electron chi connectivity index (χ2n) is 6.98. The minimum Gasteiger partial charge on any atom is -0.290 e. The first kappa shape index (κ1) is 13.7. The quantitative estimate of drug-likeness (QED) is 0.765. The molecule has 1 spiro atoms. The maximum atomic E-state index is 11.7. The molecular formula is C20H21NO. The van der Waals surface area contributed by atoms with Crippen molar-refractivity contribution in [1.82, 2.24) is 0 Å². The molecule has 0 bridgehead atoms. The van der Waals surface area contributed by atoms with Crippen LogP contribution < -0.4 is 0 Å². The number of ketones is 1. The molecule has 3 aliphatic rings. The van der Waals surface area contributed by atoms with Crippen LogP contribution in [-0.4, -0.2) is 17.0 Å². The van der Waals surface area contributed by atoms with Crippen LogP contribution in [0.4, 0.5) is 0 Å². The summed E-state index contributed by atoms with van der Waals surface area (Å²) in [4.78, 5) is 16.9. The molecule has 2 nitrogen and oxygen atoms in total. The highest BCUT2D eigenvalue weighted by Crippen LogP contribution is 2.55. The van der Waals surface area contributed by atoms with E-state index in [1.165, 1.54) is 24.8 Å². The Labute approximate surface area is 131 Å². The molecule has 2 atom stereocenters. The average molecular weight is 291 g/mol. The number of benzene rings is 1. The van der Waals surface area contributed by atoms with Gasteiger partial charge in [0.2, 0.25) is 0 Å². The van der Waals surface area contributed by atoms with Gasteiger partial charge in [0.05, 0.1) is 16.7 Å². The highest BCUT2D eigenvalue weighted by Gasteiger charge is 2.55. The summed E-state index contributed by atoms with van der Waals surface area (Å²) in [6, 6.07) is 10.4. The third-order valence-corrected chi connectivity index (χ3v) is 5.62. The van der Waals surface area contributed by atoms with Gasteiger partial charge in [0.1, 0.15) is 0 Å². The van der Waals surface area contributed by atoms with Gasteiger partial charge >= 0.3 is 0 Å². The van der Waals surface area contributed by atoms with Crippen molar-refractivity contribution in [2.24, 2.45) is 16.3 Å². The van der Waals surface area contributed by atoms with Crippen molar-refractivity contribution >= 4 is 11.5 Å². The first-order chi connectivity index (χ1) is 10.6.